The smallest absolute Gasteiger partial charge is 0.181 e. The number of hydrogen-bond acceptors (Lipinski definition) is 5. The summed E-state index contributed by atoms with van der Waals surface area (Å²) in [7, 11) is 1.56. The second-order valence-corrected chi connectivity index (χ2v) is 6.24. The molecule has 1 aromatic carbocycles. The molecule has 130 valence electrons. The monoisotopic (exact) mass is 366 g/mol. The van der Waals surface area contributed by atoms with Gasteiger partial charge >= 0.3 is 0 Å². The molecule has 1 N–H and O–H groups in total. The van der Waals surface area contributed by atoms with E-state index in [0.29, 0.717) is 39.9 Å². The number of halogens is 1. The van der Waals surface area contributed by atoms with Crippen molar-refractivity contribution in [2.75, 3.05) is 7.11 Å². The van der Waals surface area contributed by atoms with Crippen molar-refractivity contribution >= 4 is 33.5 Å². The van der Waals surface area contributed by atoms with E-state index in [2.05, 4.69) is 26.1 Å². The molecule has 4 rings (SSSR count). The van der Waals surface area contributed by atoms with E-state index in [1.165, 1.54) is 0 Å². The first-order valence-corrected chi connectivity index (χ1v) is 8.45. The number of nitrogens with one attached hydrogen (secondary N) is 1. The second kappa shape index (κ2) is 6.00. The zero-order valence-electron chi connectivity index (χ0n) is 14.5. The summed E-state index contributed by atoms with van der Waals surface area (Å²) in [5.41, 5.74) is 3.49. The number of fused-ring (bicyclic) bond motifs is 3. The number of rotatable bonds is 3. The maximum absolute atomic E-state index is 9.26. The van der Waals surface area contributed by atoms with Crippen molar-refractivity contribution in [2.45, 2.75) is 20.4 Å². The Balaban J connectivity index is 2.04. The zero-order valence-corrected chi connectivity index (χ0v) is 15.2. The van der Waals surface area contributed by atoms with Crippen LogP contribution < -0.4 is 4.74 Å². The number of nitrogens with zero attached hydrogens (tertiary/aromatic N) is 5. The number of benzene rings is 1. The van der Waals surface area contributed by atoms with Crippen LogP contribution in [0.2, 0.25) is 5.15 Å². The summed E-state index contributed by atoms with van der Waals surface area (Å²) in [6.45, 7) is 4.63. The van der Waals surface area contributed by atoms with Crippen LogP contribution in [-0.2, 0) is 6.54 Å². The van der Waals surface area contributed by atoms with Gasteiger partial charge in [-0.2, -0.15) is 10.4 Å². The Hall–Kier alpha value is -3.11. The average Bonchev–Trinajstić information content (AvgIpc) is 3.20. The molecule has 0 aliphatic carbocycles. The maximum atomic E-state index is 9.26. The molecule has 3 aromatic heterocycles. The van der Waals surface area contributed by atoms with E-state index in [-0.39, 0.29) is 0 Å². The van der Waals surface area contributed by atoms with Gasteiger partial charge in [-0.15, -0.1) is 0 Å². The van der Waals surface area contributed by atoms with Crippen LogP contribution in [0, 0.1) is 18.3 Å². The van der Waals surface area contributed by atoms with Gasteiger partial charge < -0.3 is 9.72 Å². The Bertz CT molecular complexity index is 1200. The fourth-order valence-corrected chi connectivity index (χ4v) is 3.40. The second-order valence-electron chi connectivity index (χ2n) is 5.89. The summed E-state index contributed by atoms with van der Waals surface area (Å²) in [5, 5.41) is 15.4. The molecule has 0 aliphatic rings. The Labute approximate surface area is 154 Å². The Morgan fingerprint density at radius 3 is 2.81 bits per heavy atom. The first-order valence-electron chi connectivity index (χ1n) is 8.07. The number of aromatic nitrogens is 5. The molecule has 0 unspecified atom stereocenters. The van der Waals surface area contributed by atoms with E-state index in [4.69, 9.17) is 16.3 Å². The van der Waals surface area contributed by atoms with Gasteiger partial charge in [-0.3, -0.25) is 4.68 Å². The van der Waals surface area contributed by atoms with Crippen LogP contribution in [-0.4, -0.2) is 31.8 Å². The van der Waals surface area contributed by atoms with Crippen molar-refractivity contribution in [2.24, 2.45) is 0 Å². The predicted octanol–water partition coefficient (Wildman–Crippen LogP) is 3.84. The van der Waals surface area contributed by atoms with Gasteiger partial charge in [0.25, 0.3) is 0 Å². The zero-order chi connectivity index (χ0) is 18.4. The molecule has 0 amide bonds. The lowest BCUT2D eigenvalue weighted by atomic mass is 10.1. The molecule has 4 aromatic rings. The molecule has 0 atom stereocenters. The summed E-state index contributed by atoms with van der Waals surface area (Å²) in [6.07, 6.45) is 0. The highest BCUT2D eigenvalue weighted by molar-refractivity contribution is 6.36. The molecule has 8 heteroatoms. The van der Waals surface area contributed by atoms with Crippen molar-refractivity contribution in [3.63, 3.8) is 0 Å². The quantitative estimate of drug-likeness (QED) is 0.556. The maximum Gasteiger partial charge on any atom is 0.181 e. The highest BCUT2D eigenvalue weighted by atomic mass is 35.5. The highest BCUT2D eigenvalue weighted by Gasteiger charge is 2.18. The molecular formula is C18H15ClN6O. The molecular weight excluding hydrogens is 352 g/mol. The van der Waals surface area contributed by atoms with E-state index in [1.807, 2.05) is 24.6 Å². The van der Waals surface area contributed by atoms with E-state index in [1.54, 1.807) is 19.2 Å². The standard InChI is InChI=1S/C18H15ClN6O/c1-4-25-12(5-9(2)24-25)17-22-16(19)14-11-6-10(8-20)7-13(26-3)15(11)21-18(14)23-17/h5-7H,4H2,1-3H3,(H,21,22,23). The molecule has 0 aliphatic heterocycles. The minimum absolute atomic E-state index is 0.315. The lowest BCUT2D eigenvalue weighted by Crippen LogP contribution is -2.02. The van der Waals surface area contributed by atoms with E-state index in [9.17, 15) is 5.26 Å². The molecule has 0 saturated heterocycles. The van der Waals surface area contributed by atoms with Crippen molar-refractivity contribution in [1.82, 2.24) is 24.7 Å². The Morgan fingerprint density at radius 1 is 1.31 bits per heavy atom. The van der Waals surface area contributed by atoms with Crippen LogP contribution in [0.1, 0.15) is 18.2 Å². The molecule has 0 spiro atoms. The van der Waals surface area contributed by atoms with Crippen molar-refractivity contribution in [3.05, 3.63) is 34.6 Å². The van der Waals surface area contributed by atoms with Gasteiger partial charge in [0.05, 0.1) is 35.3 Å². The van der Waals surface area contributed by atoms with Gasteiger partial charge in [-0.05, 0) is 26.0 Å². The van der Waals surface area contributed by atoms with E-state index in [0.717, 1.165) is 22.3 Å². The SMILES string of the molecule is CCn1nc(C)cc1-c1nc(Cl)c2c(n1)[nH]c1c(OC)cc(C#N)cc12. The van der Waals surface area contributed by atoms with E-state index < -0.39 is 0 Å². The van der Waals surface area contributed by atoms with Crippen LogP contribution in [0.3, 0.4) is 0 Å². The first kappa shape index (κ1) is 16.4. The lowest BCUT2D eigenvalue weighted by molar-refractivity contribution is 0.419. The molecule has 0 bridgehead atoms. The number of ether oxygens (including phenoxy) is 1. The van der Waals surface area contributed by atoms with E-state index >= 15 is 0 Å². The fraction of sp³-hybridized carbons (Fsp3) is 0.222. The van der Waals surface area contributed by atoms with Crippen LogP contribution >= 0.6 is 11.6 Å². The number of aromatic amines is 1. The normalized spacial score (nSPS) is 11.2. The lowest BCUT2D eigenvalue weighted by Gasteiger charge is -2.04. The van der Waals surface area contributed by atoms with Gasteiger partial charge in [0.2, 0.25) is 0 Å². The summed E-state index contributed by atoms with van der Waals surface area (Å²) in [6, 6.07) is 7.49. The third-order valence-corrected chi connectivity index (χ3v) is 4.53. The van der Waals surface area contributed by atoms with Gasteiger partial charge in [0, 0.05) is 18.0 Å². The number of H-pyrrole nitrogens is 1. The van der Waals surface area contributed by atoms with Crippen molar-refractivity contribution < 1.29 is 4.74 Å². The molecule has 26 heavy (non-hydrogen) atoms. The first-order chi connectivity index (χ1) is 12.5. The van der Waals surface area contributed by atoms with Crippen LogP contribution in [0.4, 0.5) is 0 Å². The van der Waals surface area contributed by atoms with Crippen molar-refractivity contribution in [1.29, 1.82) is 5.26 Å². The van der Waals surface area contributed by atoms with Crippen LogP contribution in [0.15, 0.2) is 18.2 Å². The average molecular weight is 367 g/mol. The molecule has 3 heterocycles. The van der Waals surface area contributed by atoms with Gasteiger partial charge in [-0.1, -0.05) is 11.6 Å². The Morgan fingerprint density at radius 2 is 2.12 bits per heavy atom. The minimum atomic E-state index is 0.315. The van der Waals surface area contributed by atoms with Crippen LogP contribution in [0.25, 0.3) is 33.5 Å². The van der Waals surface area contributed by atoms with Gasteiger partial charge in [0.15, 0.2) is 5.82 Å². The summed E-state index contributed by atoms with van der Waals surface area (Å²) in [4.78, 5) is 12.4. The largest absolute Gasteiger partial charge is 0.495 e. The fourth-order valence-electron chi connectivity index (χ4n) is 3.13. The summed E-state index contributed by atoms with van der Waals surface area (Å²) >= 11 is 6.50. The molecule has 7 nitrogen and oxygen atoms in total. The third-order valence-electron chi connectivity index (χ3n) is 4.26. The number of hydrogen-bond donors (Lipinski definition) is 1. The number of aryl methyl sites for hydroxylation is 2. The number of methoxy groups -OCH3 is 1. The molecule has 0 radical (unpaired) electrons. The minimum Gasteiger partial charge on any atom is -0.495 e. The summed E-state index contributed by atoms with van der Waals surface area (Å²) < 4.78 is 7.24. The van der Waals surface area contributed by atoms with Crippen LogP contribution in [0.5, 0.6) is 5.75 Å². The van der Waals surface area contributed by atoms with Gasteiger partial charge in [0.1, 0.15) is 22.2 Å². The topological polar surface area (TPSA) is 92.4 Å². The summed E-state index contributed by atoms with van der Waals surface area (Å²) in [5.74, 6) is 1.06. The molecule has 0 fully saturated rings. The number of nitriles is 1. The predicted molar refractivity (Wildman–Crippen MR) is 99.3 cm³/mol. The van der Waals surface area contributed by atoms with Gasteiger partial charge in [-0.25, -0.2) is 9.97 Å². The molecule has 0 saturated carbocycles. The van der Waals surface area contributed by atoms with Crippen molar-refractivity contribution in [3.8, 4) is 23.3 Å². The Kier molecular flexibility index (Phi) is 3.78. The highest BCUT2D eigenvalue weighted by Crippen LogP contribution is 2.36. The third kappa shape index (κ3) is 2.38.